The van der Waals surface area contributed by atoms with Crippen molar-refractivity contribution in [3.8, 4) is 5.75 Å². The first-order valence-corrected chi connectivity index (χ1v) is 7.95. The number of hydrogen-bond acceptors (Lipinski definition) is 6. The molecule has 0 spiro atoms. The molecule has 0 fully saturated rings. The van der Waals surface area contributed by atoms with Crippen molar-refractivity contribution in [3.63, 3.8) is 0 Å². The molecule has 0 saturated heterocycles. The van der Waals surface area contributed by atoms with Crippen LogP contribution < -0.4 is 10.3 Å². The number of ether oxygens (including phenoxy) is 1. The summed E-state index contributed by atoms with van der Waals surface area (Å²) < 4.78 is 6.71. The third-order valence-electron chi connectivity index (χ3n) is 3.86. The molecular formula is C18H17N3O5. The quantitative estimate of drug-likeness (QED) is 0.536. The van der Waals surface area contributed by atoms with Crippen LogP contribution in [-0.2, 0) is 6.54 Å². The maximum atomic E-state index is 12.5. The minimum atomic E-state index is -0.976. The molecule has 3 rings (SSSR count). The zero-order chi connectivity index (χ0) is 18.7. The summed E-state index contributed by atoms with van der Waals surface area (Å²) in [6, 6.07) is 11.1. The molecule has 0 aliphatic rings. The Balaban J connectivity index is 1.70. The molecule has 134 valence electrons. The number of nitro groups is 1. The second-order valence-corrected chi connectivity index (χ2v) is 5.94. The molecule has 0 saturated carbocycles. The zero-order valence-electron chi connectivity index (χ0n) is 14.0. The molecule has 1 atom stereocenters. The minimum Gasteiger partial charge on any atom is -0.491 e. The number of aliphatic hydroxyl groups excluding tert-OH is 1. The summed E-state index contributed by atoms with van der Waals surface area (Å²) in [4.78, 5) is 27.0. The topological polar surface area (TPSA) is 107 Å². The van der Waals surface area contributed by atoms with Crippen LogP contribution in [0.4, 0.5) is 5.69 Å². The van der Waals surface area contributed by atoms with Crippen LogP contribution in [0.25, 0.3) is 10.9 Å². The minimum absolute atomic E-state index is 0.00461. The van der Waals surface area contributed by atoms with E-state index in [0.29, 0.717) is 10.9 Å². The van der Waals surface area contributed by atoms with Crippen molar-refractivity contribution in [1.82, 2.24) is 9.55 Å². The van der Waals surface area contributed by atoms with E-state index >= 15 is 0 Å². The number of fused-ring (bicyclic) bond motifs is 1. The SMILES string of the molecule is Cc1ccc2ncn(C[C@H](O)COc3cccc([N+](=O)[O-])c3)c(=O)c2c1. The van der Waals surface area contributed by atoms with E-state index in [0.717, 1.165) is 5.56 Å². The van der Waals surface area contributed by atoms with Gasteiger partial charge in [0.25, 0.3) is 11.2 Å². The smallest absolute Gasteiger partial charge is 0.273 e. The Morgan fingerprint density at radius 2 is 2.12 bits per heavy atom. The van der Waals surface area contributed by atoms with E-state index in [2.05, 4.69) is 4.98 Å². The van der Waals surface area contributed by atoms with Gasteiger partial charge in [-0.3, -0.25) is 19.5 Å². The highest BCUT2D eigenvalue weighted by atomic mass is 16.6. The van der Waals surface area contributed by atoms with Crippen molar-refractivity contribution >= 4 is 16.6 Å². The first-order chi connectivity index (χ1) is 12.4. The second kappa shape index (κ2) is 7.32. The number of non-ortho nitro benzene ring substituents is 1. The molecule has 0 amide bonds. The van der Waals surface area contributed by atoms with Crippen LogP contribution in [0.5, 0.6) is 5.75 Å². The predicted molar refractivity (Wildman–Crippen MR) is 95.3 cm³/mol. The second-order valence-electron chi connectivity index (χ2n) is 5.94. The molecule has 0 bridgehead atoms. The number of aliphatic hydroxyl groups is 1. The fourth-order valence-electron chi connectivity index (χ4n) is 2.56. The highest BCUT2D eigenvalue weighted by Gasteiger charge is 2.12. The zero-order valence-corrected chi connectivity index (χ0v) is 14.0. The van der Waals surface area contributed by atoms with Gasteiger partial charge in [0.2, 0.25) is 0 Å². The van der Waals surface area contributed by atoms with Gasteiger partial charge in [-0.05, 0) is 25.1 Å². The largest absolute Gasteiger partial charge is 0.491 e. The van der Waals surface area contributed by atoms with E-state index in [1.165, 1.54) is 29.1 Å². The van der Waals surface area contributed by atoms with Gasteiger partial charge >= 0.3 is 0 Å². The predicted octanol–water partition coefficient (Wildman–Crippen LogP) is 2.05. The molecule has 2 aromatic carbocycles. The van der Waals surface area contributed by atoms with Gasteiger partial charge in [-0.1, -0.05) is 17.7 Å². The van der Waals surface area contributed by atoms with Crippen molar-refractivity contribution in [3.05, 3.63) is 74.8 Å². The first kappa shape index (κ1) is 17.6. The Labute approximate surface area is 148 Å². The van der Waals surface area contributed by atoms with E-state index in [-0.39, 0.29) is 30.1 Å². The Morgan fingerprint density at radius 1 is 1.31 bits per heavy atom. The average Bonchev–Trinajstić information content (AvgIpc) is 2.63. The van der Waals surface area contributed by atoms with Crippen molar-refractivity contribution in [2.75, 3.05) is 6.61 Å². The van der Waals surface area contributed by atoms with Crippen LogP contribution in [0.3, 0.4) is 0 Å². The summed E-state index contributed by atoms with van der Waals surface area (Å²) in [5.74, 6) is 0.276. The number of hydrogen-bond donors (Lipinski definition) is 1. The number of rotatable bonds is 6. The molecule has 3 aromatic rings. The molecule has 1 heterocycles. The molecule has 1 N–H and O–H groups in total. The van der Waals surface area contributed by atoms with Gasteiger partial charge in [-0.25, -0.2) is 4.98 Å². The fourth-order valence-corrected chi connectivity index (χ4v) is 2.56. The number of nitro benzene ring substituents is 1. The third-order valence-corrected chi connectivity index (χ3v) is 3.86. The number of aryl methyl sites for hydroxylation is 1. The van der Waals surface area contributed by atoms with Crippen molar-refractivity contribution < 1.29 is 14.8 Å². The Morgan fingerprint density at radius 3 is 2.88 bits per heavy atom. The van der Waals surface area contributed by atoms with Crippen LogP contribution in [0.2, 0.25) is 0 Å². The van der Waals surface area contributed by atoms with Gasteiger partial charge in [0, 0.05) is 6.07 Å². The summed E-state index contributed by atoms with van der Waals surface area (Å²) in [5.41, 5.74) is 1.21. The van der Waals surface area contributed by atoms with E-state index in [4.69, 9.17) is 4.74 Å². The maximum Gasteiger partial charge on any atom is 0.273 e. The Hall–Kier alpha value is -3.26. The summed E-state index contributed by atoms with van der Waals surface area (Å²) in [7, 11) is 0. The van der Waals surface area contributed by atoms with Crippen LogP contribution in [0.1, 0.15) is 5.56 Å². The lowest BCUT2D eigenvalue weighted by Gasteiger charge is -2.14. The lowest BCUT2D eigenvalue weighted by atomic mass is 10.2. The van der Waals surface area contributed by atoms with Crippen molar-refractivity contribution in [1.29, 1.82) is 0 Å². The van der Waals surface area contributed by atoms with Gasteiger partial charge in [0.1, 0.15) is 18.5 Å². The summed E-state index contributed by atoms with van der Waals surface area (Å²) >= 11 is 0. The van der Waals surface area contributed by atoms with E-state index in [1.807, 2.05) is 13.0 Å². The van der Waals surface area contributed by atoms with Gasteiger partial charge < -0.3 is 9.84 Å². The van der Waals surface area contributed by atoms with Crippen molar-refractivity contribution in [2.24, 2.45) is 0 Å². The average molecular weight is 355 g/mol. The Kier molecular flexibility index (Phi) is 4.94. The normalized spacial score (nSPS) is 12.1. The fraction of sp³-hybridized carbons (Fsp3) is 0.222. The highest BCUT2D eigenvalue weighted by molar-refractivity contribution is 5.77. The lowest BCUT2D eigenvalue weighted by molar-refractivity contribution is -0.384. The van der Waals surface area contributed by atoms with Crippen LogP contribution in [0.15, 0.2) is 53.6 Å². The Bertz CT molecular complexity index is 1020. The number of aromatic nitrogens is 2. The standard InChI is InChI=1S/C18H17N3O5/c1-12-5-6-17-16(7-12)18(23)20(11-19-17)9-14(22)10-26-15-4-2-3-13(8-15)21(24)25/h2-8,11,14,22H,9-10H2,1H3/t14-/m0/s1. The van der Waals surface area contributed by atoms with Crippen LogP contribution >= 0.6 is 0 Å². The molecule has 8 nitrogen and oxygen atoms in total. The summed E-state index contributed by atoms with van der Waals surface area (Å²) in [6.07, 6.45) is 0.410. The highest BCUT2D eigenvalue weighted by Crippen LogP contribution is 2.19. The number of nitrogens with zero attached hydrogens (tertiary/aromatic N) is 3. The van der Waals surface area contributed by atoms with E-state index in [1.54, 1.807) is 18.2 Å². The van der Waals surface area contributed by atoms with Crippen LogP contribution in [-0.4, -0.2) is 32.3 Å². The summed E-state index contributed by atoms with van der Waals surface area (Å²) in [5, 5.41) is 21.4. The van der Waals surface area contributed by atoms with Gasteiger partial charge in [0.15, 0.2) is 0 Å². The molecular weight excluding hydrogens is 338 g/mol. The maximum absolute atomic E-state index is 12.5. The molecule has 8 heteroatoms. The van der Waals surface area contributed by atoms with Crippen molar-refractivity contribution in [2.45, 2.75) is 19.6 Å². The number of benzene rings is 2. The van der Waals surface area contributed by atoms with Gasteiger partial charge in [0.05, 0.1) is 34.8 Å². The molecule has 0 unspecified atom stereocenters. The molecule has 1 aromatic heterocycles. The molecule has 0 aliphatic carbocycles. The van der Waals surface area contributed by atoms with E-state index < -0.39 is 11.0 Å². The molecule has 26 heavy (non-hydrogen) atoms. The van der Waals surface area contributed by atoms with E-state index in [9.17, 15) is 20.0 Å². The van der Waals surface area contributed by atoms with Gasteiger partial charge in [-0.15, -0.1) is 0 Å². The monoisotopic (exact) mass is 355 g/mol. The third kappa shape index (κ3) is 3.86. The molecule has 0 radical (unpaired) electrons. The van der Waals surface area contributed by atoms with Gasteiger partial charge in [-0.2, -0.15) is 0 Å². The first-order valence-electron chi connectivity index (χ1n) is 7.95. The van der Waals surface area contributed by atoms with Crippen LogP contribution in [0, 0.1) is 17.0 Å². The summed E-state index contributed by atoms with van der Waals surface area (Å²) in [6.45, 7) is 1.78. The lowest BCUT2D eigenvalue weighted by Crippen LogP contribution is -2.30. The molecule has 0 aliphatic heterocycles.